The topological polar surface area (TPSA) is 65.2 Å². The maximum absolute atomic E-state index is 13.1. The Morgan fingerprint density at radius 2 is 1.94 bits per heavy atom. The van der Waals surface area contributed by atoms with E-state index in [4.69, 9.17) is 5.73 Å². The summed E-state index contributed by atoms with van der Waals surface area (Å²) in [5, 5.41) is -0.572. The van der Waals surface area contributed by atoms with Gasteiger partial charge in [-0.2, -0.15) is 22.0 Å². The van der Waals surface area contributed by atoms with E-state index in [1.54, 1.807) is 0 Å². The minimum atomic E-state index is -5.87. The van der Waals surface area contributed by atoms with Crippen molar-refractivity contribution >= 4 is 22.4 Å². The Hall–Kier alpha value is -1.45. The van der Waals surface area contributed by atoms with Crippen molar-refractivity contribution in [3.63, 3.8) is 0 Å². The van der Waals surface area contributed by atoms with Crippen molar-refractivity contribution in [3.8, 4) is 0 Å². The highest BCUT2D eigenvalue weighted by Gasteiger charge is 2.62. The maximum atomic E-state index is 13.1. The summed E-state index contributed by atoms with van der Waals surface area (Å²) in [6, 6.07) is 0. The summed E-state index contributed by atoms with van der Waals surface area (Å²) in [5.41, 5.74) is 3.33. The van der Waals surface area contributed by atoms with Gasteiger partial charge in [-0.1, -0.05) is 11.3 Å². The zero-order valence-electron chi connectivity index (χ0n) is 8.85. The van der Waals surface area contributed by atoms with Crippen molar-refractivity contribution in [3.05, 3.63) is 10.6 Å². The lowest BCUT2D eigenvalue weighted by Crippen LogP contribution is -2.35. The van der Waals surface area contributed by atoms with Crippen LogP contribution in [0.2, 0.25) is 0 Å². The van der Waals surface area contributed by atoms with E-state index in [1.807, 2.05) is 0 Å². The second-order valence-electron chi connectivity index (χ2n) is 3.02. The van der Waals surface area contributed by atoms with Gasteiger partial charge in [0.1, 0.15) is 10.6 Å². The summed E-state index contributed by atoms with van der Waals surface area (Å²) >= 11 is 0.218. The first kappa shape index (κ1) is 14.6. The van der Waals surface area contributed by atoms with Crippen LogP contribution >= 0.6 is 11.3 Å². The smallest absolute Gasteiger partial charge is 0.459 e. The third-order valence-corrected chi connectivity index (χ3v) is 2.62. The molecule has 0 atom stereocenters. The van der Waals surface area contributed by atoms with Crippen LogP contribution in [0.15, 0.2) is 0 Å². The summed E-state index contributed by atoms with van der Waals surface area (Å²) in [4.78, 5) is 13.2. The molecule has 0 aromatic carbocycles. The average molecular weight is 290 g/mol. The van der Waals surface area contributed by atoms with Crippen molar-refractivity contribution in [1.29, 1.82) is 0 Å². The van der Waals surface area contributed by atoms with E-state index in [-0.39, 0.29) is 17.9 Å². The molecule has 0 unspecified atom stereocenters. The summed E-state index contributed by atoms with van der Waals surface area (Å²) in [6.45, 7) is 1.21. The highest BCUT2D eigenvalue weighted by molar-refractivity contribution is 7.17. The number of esters is 1. The number of nitrogen functional groups attached to an aromatic ring is 1. The fraction of sp³-hybridized carbons (Fsp3) is 0.500. The van der Waals surface area contributed by atoms with Crippen LogP contribution in [0.3, 0.4) is 0 Å². The molecule has 0 saturated heterocycles. The lowest BCUT2D eigenvalue weighted by molar-refractivity contribution is -0.290. The number of hydrogen-bond acceptors (Lipinski definition) is 5. The Balaban J connectivity index is 3.29. The molecule has 1 aromatic rings. The molecule has 0 aliphatic heterocycles. The van der Waals surface area contributed by atoms with Crippen LogP contribution in [0.1, 0.15) is 22.3 Å². The van der Waals surface area contributed by atoms with Crippen molar-refractivity contribution in [1.82, 2.24) is 4.98 Å². The molecule has 0 saturated carbocycles. The molecule has 4 nitrogen and oxygen atoms in total. The number of alkyl halides is 5. The average Bonchev–Trinajstić information content (AvgIpc) is 2.59. The normalized spacial score (nSPS) is 12.6. The fourth-order valence-electron chi connectivity index (χ4n) is 1.02. The molecule has 1 heterocycles. The number of hydrogen-bond donors (Lipinski definition) is 1. The summed E-state index contributed by atoms with van der Waals surface area (Å²) in [6.07, 6.45) is -5.87. The number of thiazole rings is 1. The van der Waals surface area contributed by atoms with E-state index in [0.717, 1.165) is 0 Å². The number of ether oxygens (including phenoxy) is 1. The van der Waals surface area contributed by atoms with Gasteiger partial charge in [-0.15, -0.1) is 0 Å². The predicted molar refractivity (Wildman–Crippen MR) is 52.4 cm³/mol. The highest BCUT2D eigenvalue weighted by atomic mass is 32.1. The predicted octanol–water partition coefficient (Wildman–Crippen LogP) is 2.56. The van der Waals surface area contributed by atoms with Crippen molar-refractivity contribution in [2.45, 2.75) is 19.0 Å². The molecule has 0 spiro atoms. The second-order valence-corrected chi connectivity index (χ2v) is 4.05. The number of anilines is 1. The van der Waals surface area contributed by atoms with Gasteiger partial charge in [0.25, 0.3) is 0 Å². The summed E-state index contributed by atoms with van der Waals surface area (Å²) in [5.74, 6) is -6.57. The zero-order valence-corrected chi connectivity index (χ0v) is 9.66. The van der Waals surface area contributed by atoms with E-state index in [9.17, 15) is 26.7 Å². The summed E-state index contributed by atoms with van der Waals surface area (Å²) in [7, 11) is 0. The Kier molecular flexibility index (Phi) is 3.79. The Morgan fingerprint density at radius 3 is 2.39 bits per heavy atom. The van der Waals surface area contributed by atoms with Crippen LogP contribution in [0, 0.1) is 0 Å². The van der Waals surface area contributed by atoms with E-state index >= 15 is 0 Å². The van der Waals surface area contributed by atoms with Gasteiger partial charge in [0.15, 0.2) is 5.13 Å². The number of nitrogens with zero attached hydrogens (tertiary/aromatic N) is 1. The lowest BCUT2D eigenvalue weighted by atomic mass is 10.2. The molecule has 0 bridgehead atoms. The molecule has 1 aromatic heterocycles. The van der Waals surface area contributed by atoms with Gasteiger partial charge < -0.3 is 10.5 Å². The van der Waals surface area contributed by atoms with Crippen LogP contribution in [0.25, 0.3) is 0 Å². The molecular weight excluding hydrogens is 283 g/mol. The molecule has 0 amide bonds. The van der Waals surface area contributed by atoms with Crippen molar-refractivity contribution in [2.24, 2.45) is 0 Å². The molecule has 102 valence electrons. The van der Waals surface area contributed by atoms with Gasteiger partial charge >= 0.3 is 18.1 Å². The molecule has 18 heavy (non-hydrogen) atoms. The minimum absolute atomic E-state index is 0.173. The number of carbonyl (C=O) groups is 1. The van der Waals surface area contributed by atoms with Crippen LogP contribution in [0.4, 0.5) is 27.1 Å². The van der Waals surface area contributed by atoms with Crippen LogP contribution in [0.5, 0.6) is 0 Å². The van der Waals surface area contributed by atoms with E-state index in [2.05, 4.69) is 9.72 Å². The lowest BCUT2D eigenvalue weighted by Gasteiger charge is -2.18. The Morgan fingerprint density at radius 1 is 1.39 bits per heavy atom. The van der Waals surface area contributed by atoms with Gasteiger partial charge in [0.05, 0.1) is 6.61 Å². The van der Waals surface area contributed by atoms with E-state index < -0.39 is 33.8 Å². The molecule has 2 N–H and O–H groups in total. The zero-order chi connectivity index (χ0) is 14.1. The van der Waals surface area contributed by atoms with Gasteiger partial charge in [0, 0.05) is 0 Å². The Labute approximate surface area is 102 Å². The van der Waals surface area contributed by atoms with Gasteiger partial charge in [0.2, 0.25) is 0 Å². The number of rotatable bonds is 3. The SMILES string of the molecule is CCOC(=O)c1sc(N)nc1C(F)(F)C(F)(F)F. The third-order valence-electron chi connectivity index (χ3n) is 1.76. The van der Waals surface area contributed by atoms with Gasteiger partial charge in [-0.3, -0.25) is 0 Å². The minimum Gasteiger partial charge on any atom is -0.462 e. The number of halogens is 5. The third kappa shape index (κ3) is 2.52. The van der Waals surface area contributed by atoms with E-state index in [0.29, 0.717) is 0 Å². The summed E-state index contributed by atoms with van der Waals surface area (Å²) < 4.78 is 67.1. The van der Waals surface area contributed by atoms with Crippen LogP contribution in [-0.2, 0) is 10.7 Å². The van der Waals surface area contributed by atoms with Crippen molar-refractivity contribution < 1.29 is 31.5 Å². The molecule has 0 fully saturated rings. The monoisotopic (exact) mass is 290 g/mol. The Bertz CT molecular complexity index is 457. The number of carbonyl (C=O) groups excluding carboxylic acids is 1. The first-order valence-corrected chi connectivity index (χ1v) is 5.31. The molecule has 0 aliphatic carbocycles. The number of aromatic nitrogens is 1. The number of nitrogens with two attached hydrogens (primary N) is 1. The fourth-order valence-corrected chi connectivity index (χ4v) is 1.78. The molecule has 10 heteroatoms. The van der Waals surface area contributed by atoms with Crippen molar-refractivity contribution in [2.75, 3.05) is 12.3 Å². The standard InChI is InChI=1S/C8H7F5N2O2S/c1-2-17-5(16)3-4(15-6(14)18-3)7(9,10)8(11,12)13/h2H2,1H3,(H2,14,15). The quantitative estimate of drug-likeness (QED) is 0.686. The molecular formula is C8H7F5N2O2S. The van der Waals surface area contributed by atoms with Gasteiger partial charge in [-0.25, -0.2) is 9.78 Å². The first-order chi connectivity index (χ1) is 8.11. The van der Waals surface area contributed by atoms with E-state index in [1.165, 1.54) is 6.92 Å². The van der Waals surface area contributed by atoms with Gasteiger partial charge in [-0.05, 0) is 6.92 Å². The highest BCUT2D eigenvalue weighted by Crippen LogP contribution is 2.46. The largest absolute Gasteiger partial charge is 0.462 e. The molecule has 0 aliphatic rings. The first-order valence-electron chi connectivity index (χ1n) is 4.49. The molecule has 0 radical (unpaired) electrons. The second kappa shape index (κ2) is 4.67. The maximum Gasteiger partial charge on any atom is 0.459 e. The van der Waals surface area contributed by atoms with Crippen LogP contribution in [-0.4, -0.2) is 23.7 Å². The molecule has 1 rings (SSSR count). The van der Waals surface area contributed by atoms with Crippen LogP contribution < -0.4 is 5.73 Å².